The van der Waals surface area contributed by atoms with Crippen LogP contribution in [0.25, 0.3) is 5.69 Å². The zero-order valence-corrected chi connectivity index (χ0v) is 22.5. The van der Waals surface area contributed by atoms with E-state index in [1.807, 2.05) is 20.8 Å². The number of esters is 1. The van der Waals surface area contributed by atoms with Crippen molar-refractivity contribution in [1.82, 2.24) is 9.55 Å². The second-order valence-electron chi connectivity index (χ2n) is 9.63. The molecule has 11 heteroatoms. The van der Waals surface area contributed by atoms with Crippen LogP contribution >= 0.6 is 0 Å². The Bertz CT molecular complexity index is 1520. The van der Waals surface area contributed by atoms with Gasteiger partial charge in [0.2, 0.25) is 10.0 Å². The molecule has 0 atom stereocenters. The fourth-order valence-electron chi connectivity index (χ4n) is 4.09. The van der Waals surface area contributed by atoms with E-state index in [1.54, 1.807) is 31.4 Å². The third kappa shape index (κ3) is 6.48. The summed E-state index contributed by atoms with van der Waals surface area (Å²) in [5.74, 6) is 0.0114. The Hall–Kier alpha value is -3.86. The molecule has 0 saturated carbocycles. The molecule has 2 N–H and O–H groups in total. The van der Waals surface area contributed by atoms with Crippen LogP contribution in [0.2, 0.25) is 0 Å². The van der Waals surface area contributed by atoms with Gasteiger partial charge in [-0.3, -0.25) is 9.52 Å². The van der Waals surface area contributed by atoms with Gasteiger partial charge in [0.1, 0.15) is 5.75 Å². The Labute approximate surface area is 215 Å². The van der Waals surface area contributed by atoms with Crippen LogP contribution in [0.15, 0.2) is 52.2 Å². The Morgan fingerprint density at radius 2 is 1.70 bits per heavy atom. The number of nitrogens with zero attached hydrogens (tertiary/aromatic N) is 1. The summed E-state index contributed by atoms with van der Waals surface area (Å²) in [6.07, 6.45) is 3.08. The molecule has 0 radical (unpaired) electrons. The van der Waals surface area contributed by atoms with Crippen LogP contribution in [-0.4, -0.2) is 44.4 Å². The lowest BCUT2D eigenvalue weighted by atomic mass is 9.84. The highest BCUT2D eigenvalue weighted by atomic mass is 32.2. The molecule has 0 fully saturated rings. The average Bonchev–Trinajstić information content (AvgIpc) is 2.80. The molecular formula is C26H31N3O7S. The summed E-state index contributed by atoms with van der Waals surface area (Å²) in [6.45, 7) is 6.00. The van der Waals surface area contributed by atoms with Gasteiger partial charge in [0.05, 0.1) is 31.7 Å². The van der Waals surface area contributed by atoms with Crippen molar-refractivity contribution in [2.45, 2.75) is 39.0 Å². The Morgan fingerprint density at radius 1 is 1.03 bits per heavy atom. The van der Waals surface area contributed by atoms with Crippen LogP contribution in [0, 0.1) is 0 Å². The number of aromatic nitrogens is 2. The number of methoxy groups -OCH3 is 2. The van der Waals surface area contributed by atoms with Gasteiger partial charge in [-0.15, -0.1) is 0 Å². The highest BCUT2D eigenvalue weighted by Gasteiger charge is 2.24. The minimum Gasteiger partial charge on any atom is -0.496 e. The number of sulfonamides is 1. The van der Waals surface area contributed by atoms with E-state index >= 15 is 0 Å². The van der Waals surface area contributed by atoms with Crippen molar-refractivity contribution < 1.29 is 22.7 Å². The number of H-pyrrole nitrogens is 1. The number of carbonyl (C=O) groups is 1. The van der Waals surface area contributed by atoms with Gasteiger partial charge in [-0.1, -0.05) is 26.8 Å². The highest BCUT2D eigenvalue weighted by Crippen LogP contribution is 2.36. The summed E-state index contributed by atoms with van der Waals surface area (Å²) < 4.78 is 37.4. The third-order valence-corrected chi connectivity index (χ3v) is 6.37. The van der Waals surface area contributed by atoms with Crippen molar-refractivity contribution in [3.05, 3.63) is 85.7 Å². The standard InChI is InChI=1S/C26H31N3O7S/c1-26(2,3)21-15-19(29-22(30)11-12-27-25(29)32)13-17(23(21)35-4)8-7-16-9-10-18(28-37(6,33)34)14-20(16)24(31)36-5/h9-15,28H,7-8H2,1-6H3,(H,27,32). The molecule has 0 aliphatic rings. The van der Waals surface area contributed by atoms with Crippen molar-refractivity contribution in [2.24, 2.45) is 0 Å². The van der Waals surface area contributed by atoms with Crippen LogP contribution in [0.3, 0.4) is 0 Å². The van der Waals surface area contributed by atoms with Gasteiger partial charge in [0.25, 0.3) is 5.56 Å². The first kappa shape index (κ1) is 27.7. The first-order valence-electron chi connectivity index (χ1n) is 11.5. The molecule has 2 aromatic carbocycles. The predicted molar refractivity (Wildman–Crippen MR) is 142 cm³/mol. The van der Waals surface area contributed by atoms with Gasteiger partial charge in [-0.2, -0.15) is 0 Å². The normalized spacial score (nSPS) is 11.7. The second kappa shape index (κ2) is 10.6. The minimum absolute atomic E-state index is 0.220. The lowest BCUT2D eigenvalue weighted by molar-refractivity contribution is 0.0599. The van der Waals surface area contributed by atoms with Crippen LogP contribution in [-0.2, 0) is 33.0 Å². The minimum atomic E-state index is -3.54. The van der Waals surface area contributed by atoms with E-state index < -0.39 is 27.2 Å². The number of ether oxygens (including phenoxy) is 2. The number of benzene rings is 2. The summed E-state index contributed by atoms with van der Waals surface area (Å²) >= 11 is 0. The summed E-state index contributed by atoms with van der Waals surface area (Å²) in [4.78, 5) is 40.1. The van der Waals surface area contributed by atoms with E-state index in [2.05, 4.69) is 9.71 Å². The molecule has 0 bridgehead atoms. The van der Waals surface area contributed by atoms with Crippen molar-refractivity contribution in [3.8, 4) is 11.4 Å². The number of hydrogen-bond acceptors (Lipinski definition) is 7. The number of anilines is 1. The van der Waals surface area contributed by atoms with E-state index in [9.17, 15) is 22.8 Å². The van der Waals surface area contributed by atoms with Gasteiger partial charge >= 0.3 is 11.7 Å². The quantitative estimate of drug-likeness (QED) is 0.428. The Morgan fingerprint density at radius 3 is 2.27 bits per heavy atom. The molecule has 0 saturated heterocycles. The summed E-state index contributed by atoms with van der Waals surface area (Å²) in [6, 6.07) is 9.43. The first-order chi connectivity index (χ1) is 17.2. The van der Waals surface area contributed by atoms with Crippen molar-refractivity contribution >= 4 is 21.7 Å². The largest absolute Gasteiger partial charge is 0.496 e. The first-order valence-corrected chi connectivity index (χ1v) is 13.4. The maximum Gasteiger partial charge on any atom is 0.338 e. The summed E-state index contributed by atoms with van der Waals surface area (Å²) in [7, 11) is -0.729. The number of hydrogen-bond donors (Lipinski definition) is 2. The van der Waals surface area contributed by atoms with Crippen LogP contribution in [0.5, 0.6) is 5.75 Å². The number of carbonyl (C=O) groups excluding carboxylic acids is 1. The van der Waals surface area contributed by atoms with Crippen LogP contribution < -0.4 is 20.7 Å². The van der Waals surface area contributed by atoms with Gasteiger partial charge < -0.3 is 14.5 Å². The molecule has 3 aromatic rings. The lowest BCUT2D eigenvalue weighted by Crippen LogP contribution is -2.32. The molecule has 0 unspecified atom stereocenters. The zero-order chi connectivity index (χ0) is 27.5. The molecule has 0 aliphatic heterocycles. The number of rotatable bonds is 8. The van der Waals surface area contributed by atoms with Gasteiger partial charge in [-0.05, 0) is 53.6 Å². The zero-order valence-electron chi connectivity index (χ0n) is 21.7. The van der Waals surface area contributed by atoms with Crippen molar-refractivity contribution in [1.29, 1.82) is 0 Å². The molecule has 0 aliphatic carbocycles. The summed E-state index contributed by atoms with van der Waals surface area (Å²) in [5.41, 5.74) is 1.61. The van der Waals surface area contributed by atoms with Crippen LogP contribution in [0.1, 0.15) is 47.8 Å². The monoisotopic (exact) mass is 529 g/mol. The molecule has 0 spiro atoms. The molecule has 3 rings (SSSR count). The van der Waals surface area contributed by atoms with Crippen molar-refractivity contribution in [2.75, 3.05) is 25.2 Å². The highest BCUT2D eigenvalue weighted by molar-refractivity contribution is 7.92. The lowest BCUT2D eigenvalue weighted by Gasteiger charge is -2.25. The molecule has 0 amide bonds. The van der Waals surface area contributed by atoms with E-state index in [4.69, 9.17) is 9.47 Å². The van der Waals surface area contributed by atoms with E-state index in [0.29, 0.717) is 29.8 Å². The third-order valence-electron chi connectivity index (χ3n) is 5.76. The number of aromatic amines is 1. The SMILES string of the molecule is COC(=O)c1cc(NS(C)(=O)=O)ccc1CCc1cc(-n2c(=O)cc[nH]c2=O)cc(C(C)(C)C)c1OC. The fourth-order valence-corrected chi connectivity index (χ4v) is 4.65. The molecule has 10 nitrogen and oxygen atoms in total. The maximum atomic E-state index is 12.5. The number of nitrogens with one attached hydrogen (secondary N) is 2. The van der Waals surface area contributed by atoms with E-state index in [1.165, 1.54) is 25.4 Å². The van der Waals surface area contributed by atoms with Crippen LogP contribution in [0.4, 0.5) is 5.69 Å². The molecule has 1 heterocycles. The average molecular weight is 530 g/mol. The van der Waals surface area contributed by atoms with Crippen molar-refractivity contribution in [3.63, 3.8) is 0 Å². The van der Waals surface area contributed by atoms with Gasteiger partial charge in [0.15, 0.2) is 0 Å². The maximum absolute atomic E-state index is 12.5. The number of aryl methyl sites for hydroxylation is 2. The van der Waals surface area contributed by atoms with E-state index in [-0.39, 0.29) is 16.7 Å². The smallest absolute Gasteiger partial charge is 0.338 e. The molecule has 37 heavy (non-hydrogen) atoms. The Kier molecular flexibility index (Phi) is 7.97. The predicted octanol–water partition coefficient (Wildman–Crippen LogP) is 2.78. The van der Waals surface area contributed by atoms with Gasteiger partial charge in [-0.25, -0.2) is 22.6 Å². The second-order valence-corrected chi connectivity index (χ2v) is 11.4. The fraction of sp³-hybridized carbons (Fsp3) is 0.346. The van der Waals surface area contributed by atoms with E-state index in [0.717, 1.165) is 21.9 Å². The Balaban J connectivity index is 2.12. The van der Waals surface area contributed by atoms with Gasteiger partial charge in [0, 0.05) is 23.5 Å². The topological polar surface area (TPSA) is 137 Å². The summed E-state index contributed by atoms with van der Waals surface area (Å²) in [5, 5.41) is 0. The molecule has 1 aromatic heterocycles. The molecular weight excluding hydrogens is 498 g/mol. The molecule has 198 valence electrons.